The fourth-order valence-corrected chi connectivity index (χ4v) is 4.64. The Labute approximate surface area is 183 Å². The van der Waals surface area contributed by atoms with Crippen LogP contribution in [0, 0.1) is 0 Å². The maximum absolute atomic E-state index is 13.8. The summed E-state index contributed by atoms with van der Waals surface area (Å²) < 4.78 is 12.8. The van der Waals surface area contributed by atoms with E-state index in [4.69, 9.17) is 9.47 Å². The second-order valence-corrected chi connectivity index (χ2v) is 8.07. The van der Waals surface area contributed by atoms with Crippen LogP contribution < -0.4 is 14.8 Å². The molecule has 0 unspecified atom stereocenters. The van der Waals surface area contributed by atoms with Crippen molar-refractivity contribution in [2.75, 3.05) is 14.2 Å². The molecule has 0 bridgehead atoms. The van der Waals surface area contributed by atoms with Crippen LogP contribution in [0.1, 0.15) is 48.7 Å². The maximum atomic E-state index is 13.8. The number of hydrogen-bond donors (Lipinski definition) is 1. The highest BCUT2D eigenvalue weighted by atomic mass is 16.5. The highest BCUT2D eigenvalue weighted by molar-refractivity contribution is 5.89. The van der Waals surface area contributed by atoms with Gasteiger partial charge in [0.25, 0.3) is 0 Å². The minimum atomic E-state index is -0.513. The summed E-state index contributed by atoms with van der Waals surface area (Å²) in [7, 11) is 5.16. The van der Waals surface area contributed by atoms with Crippen LogP contribution in [-0.2, 0) is 17.3 Å². The third-order valence-electron chi connectivity index (χ3n) is 6.35. The van der Waals surface area contributed by atoms with Gasteiger partial charge in [-0.05, 0) is 36.1 Å². The van der Waals surface area contributed by atoms with Gasteiger partial charge in [-0.15, -0.1) is 0 Å². The number of methoxy groups -OCH3 is 2. The normalized spacial score (nSPS) is 16.0. The van der Waals surface area contributed by atoms with Gasteiger partial charge < -0.3 is 19.4 Å². The van der Waals surface area contributed by atoms with E-state index in [1.54, 1.807) is 20.4 Å². The van der Waals surface area contributed by atoms with Crippen molar-refractivity contribution in [1.82, 2.24) is 14.9 Å². The lowest BCUT2D eigenvalue weighted by molar-refractivity contribution is -0.127. The third kappa shape index (κ3) is 3.90. The molecule has 1 atom stereocenters. The summed E-state index contributed by atoms with van der Waals surface area (Å²) in [5, 5.41) is 3.33. The molecule has 31 heavy (non-hydrogen) atoms. The molecule has 1 saturated carbocycles. The Kier molecular flexibility index (Phi) is 5.98. The lowest BCUT2D eigenvalue weighted by Gasteiger charge is -2.31. The van der Waals surface area contributed by atoms with Crippen molar-refractivity contribution >= 4 is 5.91 Å². The number of aryl methyl sites for hydroxylation is 1. The summed E-state index contributed by atoms with van der Waals surface area (Å²) in [6.07, 6.45) is 7.43. The number of ether oxygens (including phenoxy) is 2. The molecule has 1 aliphatic rings. The molecule has 0 aliphatic heterocycles. The van der Waals surface area contributed by atoms with E-state index in [0.29, 0.717) is 11.5 Å². The molecule has 6 nitrogen and oxygen atoms in total. The molecule has 0 radical (unpaired) electrons. The number of nitrogens with zero attached hydrogens (tertiary/aromatic N) is 2. The molecule has 1 fully saturated rings. The largest absolute Gasteiger partial charge is 0.493 e. The van der Waals surface area contributed by atoms with Crippen LogP contribution in [0.25, 0.3) is 0 Å². The van der Waals surface area contributed by atoms with Gasteiger partial charge in [0.15, 0.2) is 11.5 Å². The summed E-state index contributed by atoms with van der Waals surface area (Å²) in [6.45, 7) is 0. The van der Waals surface area contributed by atoms with E-state index in [1.807, 2.05) is 54.2 Å². The molecule has 1 amide bonds. The van der Waals surface area contributed by atoms with Gasteiger partial charge in [-0.2, -0.15) is 0 Å². The Morgan fingerprint density at radius 2 is 1.77 bits per heavy atom. The molecule has 4 rings (SSSR count). The number of carbonyl (C=O) groups excluding carboxylic acids is 1. The summed E-state index contributed by atoms with van der Waals surface area (Å²) in [6, 6.07) is 15.4. The van der Waals surface area contributed by atoms with E-state index in [1.165, 1.54) is 0 Å². The lowest BCUT2D eigenvalue weighted by atomic mass is 9.77. The second kappa shape index (κ2) is 8.84. The van der Waals surface area contributed by atoms with Crippen molar-refractivity contribution in [3.8, 4) is 11.5 Å². The Hall–Kier alpha value is -3.28. The topological polar surface area (TPSA) is 65.4 Å². The summed E-state index contributed by atoms with van der Waals surface area (Å²) in [5.74, 6) is 2.07. The van der Waals surface area contributed by atoms with Crippen LogP contribution >= 0.6 is 0 Å². The van der Waals surface area contributed by atoms with Crippen LogP contribution in [-0.4, -0.2) is 29.7 Å². The van der Waals surface area contributed by atoms with Gasteiger partial charge in [-0.25, -0.2) is 4.98 Å². The van der Waals surface area contributed by atoms with Gasteiger partial charge in [-0.3, -0.25) is 4.79 Å². The zero-order chi connectivity index (χ0) is 21.8. The number of amides is 1. The molecule has 2 aromatic carbocycles. The van der Waals surface area contributed by atoms with Gasteiger partial charge in [-0.1, -0.05) is 49.2 Å². The van der Waals surface area contributed by atoms with Crippen LogP contribution in [0.15, 0.2) is 60.9 Å². The van der Waals surface area contributed by atoms with E-state index in [9.17, 15) is 4.79 Å². The van der Waals surface area contributed by atoms with Crippen molar-refractivity contribution in [3.63, 3.8) is 0 Å². The number of benzene rings is 2. The van der Waals surface area contributed by atoms with E-state index < -0.39 is 11.5 Å². The average molecular weight is 420 g/mol. The number of rotatable bonds is 7. The smallest absolute Gasteiger partial charge is 0.231 e. The highest BCUT2D eigenvalue weighted by Gasteiger charge is 2.43. The quantitative estimate of drug-likeness (QED) is 0.625. The molecular weight excluding hydrogens is 390 g/mol. The first kappa shape index (κ1) is 21.0. The van der Waals surface area contributed by atoms with Crippen LogP contribution in [0.3, 0.4) is 0 Å². The van der Waals surface area contributed by atoms with E-state index in [-0.39, 0.29) is 5.91 Å². The summed E-state index contributed by atoms with van der Waals surface area (Å²) >= 11 is 0. The van der Waals surface area contributed by atoms with Crippen LogP contribution in [0.2, 0.25) is 0 Å². The molecule has 1 aliphatic carbocycles. The predicted octanol–water partition coefficient (Wildman–Crippen LogP) is 4.15. The van der Waals surface area contributed by atoms with Gasteiger partial charge in [0.2, 0.25) is 5.91 Å². The SMILES string of the molecule is COc1ccc([C@H](NC(=O)C2(c3ccccc3)CCCC2)c2nccn2C)cc1OC. The molecular formula is C25H29N3O3. The van der Waals surface area contributed by atoms with E-state index >= 15 is 0 Å². The lowest BCUT2D eigenvalue weighted by Crippen LogP contribution is -2.44. The van der Waals surface area contributed by atoms with Crippen molar-refractivity contribution < 1.29 is 14.3 Å². The van der Waals surface area contributed by atoms with Crippen molar-refractivity contribution in [2.45, 2.75) is 37.1 Å². The first-order valence-electron chi connectivity index (χ1n) is 10.6. The molecule has 1 aromatic heterocycles. The van der Waals surface area contributed by atoms with Crippen molar-refractivity contribution in [3.05, 3.63) is 77.9 Å². The predicted molar refractivity (Wildman–Crippen MR) is 119 cm³/mol. The van der Waals surface area contributed by atoms with Crippen molar-refractivity contribution in [1.29, 1.82) is 0 Å². The number of imidazole rings is 1. The molecule has 1 N–H and O–H groups in total. The monoisotopic (exact) mass is 419 g/mol. The summed E-state index contributed by atoms with van der Waals surface area (Å²) in [5.41, 5.74) is 1.46. The number of aromatic nitrogens is 2. The molecule has 0 saturated heterocycles. The fourth-order valence-electron chi connectivity index (χ4n) is 4.64. The Morgan fingerprint density at radius 3 is 2.39 bits per heavy atom. The van der Waals surface area contributed by atoms with E-state index in [2.05, 4.69) is 22.4 Å². The zero-order valence-corrected chi connectivity index (χ0v) is 18.3. The third-order valence-corrected chi connectivity index (χ3v) is 6.35. The van der Waals surface area contributed by atoms with Gasteiger partial charge in [0, 0.05) is 19.4 Å². The molecule has 162 valence electrons. The van der Waals surface area contributed by atoms with Crippen molar-refractivity contribution in [2.24, 2.45) is 7.05 Å². The minimum Gasteiger partial charge on any atom is -0.493 e. The Balaban J connectivity index is 1.73. The maximum Gasteiger partial charge on any atom is 0.231 e. The van der Waals surface area contributed by atoms with Gasteiger partial charge in [0.1, 0.15) is 11.9 Å². The molecule has 3 aromatic rings. The average Bonchev–Trinajstić information content (AvgIpc) is 3.47. The molecule has 6 heteroatoms. The second-order valence-electron chi connectivity index (χ2n) is 8.07. The van der Waals surface area contributed by atoms with Crippen LogP contribution in [0.5, 0.6) is 11.5 Å². The zero-order valence-electron chi connectivity index (χ0n) is 18.3. The Morgan fingerprint density at radius 1 is 1.06 bits per heavy atom. The summed E-state index contributed by atoms with van der Waals surface area (Å²) in [4.78, 5) is 18.4. The highest BCUT2D eigenvalue weighted by Crippen LogP contribution is 2.42. The number of carbonyl (C=O) groups is 1. The first-order chi connectivity index (χ1) is 15.1. The molecule has 0 spiro atoms. The number of hydrogen-bond acceptors (Lipinski definition) is 4. The van der Waals surface area contributed by atoms with Gasteiger partial charge in [0.05, 0.1) is 19.6 Å². The number of nitrogens with one attached hydrogen (secondary N) is 1. The van der Waals surface area contributed by atoms with E-state index in [0.717, 1.165) is 42.6 Å². The van der Waals surface area contributed by atoms with Gasteiger partial charge >= 0.3 is 0 Å². The fraction of sp³-hybridized carbons (Fsp3) is 0.360. The van der Waals surface area contributed by atoms with Crippen LogP contribution in [0.4, 0.5) is 0 Å². The molecule has 1 heterocycles. The standard InChI is InChI=1S/C25H29N3O3/c1-28-16-15-26-23(28)22(18-11-12-20(30-2)21(17-18)31-3)27-24(29)25(13-7-8-14-25)19-9-5-4-6-10-19/h4-6,9-12,15-17,22H,7-8,13-14H2,1-3H3,(H,27,29)/t22-/m0/s1. The first-order valence-corrected chi connectivity index (χ1v) is 10.6. The Bertz CT molecular complexity index is 1040. The minimum absolute atomic E-state index is 0.0407.